The second-order valence-electron chi connectivity index (χ2n) is 7.89. The van der Waals surface area contributed by atoms with Crippen LogP contribution in [0.4, 0.5) is 0 Å². The number of hydrogen-bond acceptors (Lipinski definition) is 3. The van der Waals surface area contributed by atoms with Crippen LogP contribution in [0.1, 0.15) is 50.9 Å². The molecule has 2 rings (SSSR count). The van der Waals surface area contributed by atoms with Gasteiger partial charge in [-0.2, -0.15) is 5.10 Å². The van der Waals surface area contributed by atoms with Gasteiger partial charge in [-0.3, -0.25) is 9.67 Å². The number of hydrogen-bond donors (Lipinski definition) is 2. The van der Waals surface area contributed by atoms with Crippen LogP contribution >= 0.6 is 24.0 Å². The van der Waals surface area contributed by atoms with Crippen LogP contribution < -0.4 is 10.6 Å². The highest BCUT2D eigenvalue weighted by molar-refractivity contribution is 14.0. The van der Waals surface area contributed by atoms with E-state index in [9.17, 15) is 0 Å². The van der Waals surface area contributed by atoms with Gasteiger partial charge in [-0.15, -0.1) is 24.0 Å². The molecule has 1 aliphatic rings. The lowest BCUT2D eigenvalue weighted by atomic mass is 9.67. The van der Waals surface area contributed by atoms with E-state index in [1.54, 1.807) is 7.11 Å². The van der Waals surface area contributed by atoms with Gasteiger partial charge in [0.25, 0.3) is 0 Å². The standard InChI is InChI=1S/C20H37N5O.HI/c1-6-21-19(23-15-20(8-7-9-20)10-11-26-5)22-13-16(2)14-25-18(4)12-17(3)24-25;/h12,16H,6-11,13-15H2,1-5H3,(H2,21,22,23);1H. The minimum atomic E-state index is 0. The first-order valence-corrected chi connectivity index (χ1v) is 10.00. The van der Waals surface area contributed by atoms with Crippen molar-refractivity contribution < 1.29 is 4.74 Å². The van der Waals surface area contributed by atoms with E-state index in [0.29, 0.717) is 11.3 Å². The molecule has 1 saturated carbocycles. The van der Waals surface area contributed by atoms with E-state index in [2.05, 4.69) is 47.3 Å². The number of guanidine groups is 1. The highest BCUT2D eigenvalue weighted by Gasteiger charge is 2.36. The highest BCUT2D eigenvalue weighted by atomic mass is 127. The molecule has 0 radical (unpaired) electrons. The van der Waals surface area contributed by atoms with Crippen molar-refractivity contribution in [1.29, 1.82) is 0 Å². The number of nitrogens with zero attached hydrogens (tertiary/aromatic N) is 3. The Morgan fingerprint density at radius 2 is 2.11 bits per heavy atom. The van der Waals surface area contributed by atoms with Crippen LogP contribution in [0.2, 0.25) is 0 Å². The zero-order chi connectivity index (χ0) is 19.0. The summed E-state index contributed by atoms with van der Waals surface area (Å²) in [7, 11) is 1.78. The smallest absolute Gasteiger partial charge is 0.191 e. The summed E-state index contributed by atoms with van der Waals surface area (Å²) in [6.45, 7) is 12.9. The van der Waals surface area contributed by atoms with Gasteiger partial charge in [0.1, 0.15) is 0 Å². The first kappa shape index (κ1) is 24.2. The number of rotatable bonds is 10. The number of halogens is 1. The average Bonchev–Trinajstić information content (AvgIpc) is 2.88. The van der Waals surface area contributed by atoms with Crippen molar-refractivity contribution in [1.82, 2.24) is 20.4 Å². The lowest BCUT2D eigenvalue weighted by molar-refractivity contribution is 0.0778. The predicted molar refractivity (Wildman–Crippen MR) is 123 cm³/mol. The monoisotopic (exact) mass is 491 g/mol. The van der Waals surface area contributed by atoms with E-state index in [-0.39, 0.29) is 24.0 Å². The molecule has 0 spiro atoms. The molecule has 1 fully saturated rings. The summed E-state index contributed by atoms with van der Waals surface area (Å²) in [5, 5.41) is 11.5. The maximum absolute atomic E-state index is 5.29. The number of methoxy groups -OCH3 is 1. The zero-order valence-corrected chi connectivity index (χ0v) is 20.0. The average molecular weight is 491 g/mol. The summed E-state index contributed by atoms with van der Waals surface area (Å²) in [5.41, 5.74) is 2.66. The van der Waals surface area contributed by atoms with Crippen molar-refractivity contribution in [2.24, 2.45) is 16.3 Å². The summed E-state index contributed by atoms with van der Waals surface area (Å²) in [6.07, 6.45) is 4.98. The molecule has 0 bridgehead atoms. The van der Waals surface area contributed by atoms with Gasteiger partial charge in [-0.05, 0) is 57.4 Å². The third kappa shape index (κ3) is 7.60. The molecule has 27 heavy (non-hydrogen) atoms. The molecule has 1 aromatic heterocycles. The van der Waals surface area contributed by atoms with Crippen LogP contribution in [0.25, 0.3) is 0 Å². The van der Waals surface area contributed by atoms with Crippen molar-refractivity contribution in [2.45, 2.75) is 59.9 Å². The van der Waals surface area contributed by atoms with Crippen LogP contribution in [-0.2, 0) is 11.3 Å². The van der Waals surface area contributed by atoms with Crippen molar-refractivity contribution in [3.63, 3.8) is 0 Å². The molecule has 7 heteroatoms. The highest BCUT2D eigenvalue weighted by Crippen LogP contribution is 2.44. The number of aliphatic imine (C=N–C) groups is 1. The van der Waals surface area contributed by atoms with E-state index in [4.69, 9.17) is 9.73 Å². The minimum absolute atomic E-state index is 0. The number of nitrogens with one attached hydrogen (secondary N) is 2. The van der Waals surface area contributed by atoms with Gasteiger partial charge in [0, 0.05) is 45.6 Å². The first-order chi connectivity index (χ1) is 12.5. The maximum atomic E-state index is 5.29. The molecule has 0 aromatic carbocycles. The molecule has 2 N–H and O–H groups in total. The van der Waals surface area contributed by atoms with Gasteiger partial charge < -0.3 is 15.4 Å². The van der Waals surface area contributed by atoms with E-state index in [1.165, 1.54) is 25.0 Å². The quantitative estimate of drug-likeness (QED) is 0.299. The van der Waals surface area contributed by atoms with Gasteiger partial charge in [0.2, 0.25) is 0 Å². The Hall–Kier alpha value is -0.830. The summed E-state index contributed by atoms with van der Waals surface area (Å²) >= 11 is 0. The van der Waals surface area contributed by atoms with Crippen molar-refractivity contribution in [3.05, 3.63) is 17.5 Å². The van der Waals surface area contributed by atoms with Crippen LogP contribution in [0.3, 0.4) is 0 Å². The van der Waals surface area contributed by atoms with Crippen LogP contribution in [-0.4, -0.2) is 49.1 Å². The predicted octanol–water partition coefficient (Wildman–Crippen LogP) is 3.52. The Morgan fingerprint density at radius 3 is 2.63 bits per heavy atom. The molecule has 1 unspecified atom stereocenters. The van der Waals surface area contributed by atoms with Crippen LogP contribution in [0.15, 0.2) is 11.1 Å². The molecule has 1 heterocycles. The Morgan fingerprint density at radius 1 is 1.37 bits per heavy atom. The van der Waals surface area contributed by atoms with Gasteiger partial charge in [0.05, 0.1) is 5.69 Å². The normalized spacial score (nSPS) is 17.0. The largest absolute Gasteiger partial charge is 0.385 e. The molecule has 6 nitrogen and oxygen atoms in total. The Bertz CT molecular complexity index is 583. The van der Waals surface area contributed by atoms with E-state index < -0.39 is 0 Å². The molecule has 0 amide bonds. The second kappa shape index (κ2) is 11.9. The number of aryl methyl sites for hydroxylation is 2. The molecular weight excluding hydrogens is 453 g/mol. The third-order valence-electron chi connectivity index (χ3n) is 5.37. The lowest BCUT2D eigenvalue weighted by Crippen LogP contribution is -2.42. The number of ether oxygens (including phenoxy) is 1. The topological polar surface area (TPSA) is 63.5 Å². The molecular formula is C20H38IN5O. The minimum Gasteiger partial charge on any atom is -0.385 e. The fraction of sp³-hybridized carbons (Fsp3) is 0.800. The van der Waals surface area contributed by atoms with Crippen LogP contribution in [0.5, 0.6) is 0 Å². The maximum Gasteiger partial charge on any atom is 0.191 e. The molecule has 156 valence electrons. The van der Waals surface area contributed by atoms with Crippen molar-refractivity contribution >= 4 is 29.9 Å². The molecule has 1 aliphatic carbocycles. The lowest BCUT2D eigenvalue weighted by Gasteiger charge is -2.40. The number of aromatic nitrogens is 2. The fourth-order valence-corrected chi connectivity index (χ4v) is 3.56. The molecule has 1 aromatic rings. The zero-order valence-electron chi connectivity index (χ0n) is 17.7. The first-order valence-electron chi connectivity index (χ1n) is 10.00. The van der Waals surface area contributed by atoms with E-state index in [1.807, 2.05) is 6.92 Å². The van der Waals surface area contributed by atoms with E-state index >= 15 is 0 Å². The van der Waals surface area contributed by atoms with Gasteiger partial charge in [-0.1, -0.05) is 13.3 Å². The Balaban J connectivity index is 0.00000364. The second-order valence-corrected chi connectivity index (χ2v) is 7.89. The summed E-state index contributed by atoms with van der Waals surface area (Å²) < 4.78 is 7.38. The van der Waals surface area contributed by atoms with Crippen molar-refractivity contribution in [3.8, 4) is 0 Å². The molecule has 0 aliphatic heterocycles. The fourth-order valence-electron chi connectivity index (χ4n) is 3.56. The SMILES string of the molecule is CCNC(=NCC1(CCOC)CCC1)NCC(C)Cn1nc(C)cc1C.I. The summed E-state index contributed by atoms with van der Waals surface area (Å²) in [6, 6.07) is 2.13. The van der Waals surface area contributed by atoms with Crippen LogP contribution in [0, 0.1) is 25.2 Å². The third-order valence-corrected chi connectivity index (χ3v) is 5.37. The van der Waals surface area contributed by atoms with Gasteiger partial charge in [-0.25, -0.2) is 0 Å². The van der Waals surface area contributed by atoms with Gasteiger partial charge in [0.15, 0.2) is 5.96 Å². The summed E-state index contributed by atoms with van der Waals surface area (Å²) in [5.74, 6) is 1.40. The van der Waals surface area contributed by atoms with Gasteiger partial charge >= 0.3 is 0 Å². The summed E-state index contributed by atoms with van der Waals surface area (Å²) in [4.78, 5) is 4.88. The van der Waals surface area contributed by atoms with Crippen molar-refractivity contribution in [2.75, 3.05) is 33.4 Å². The van der Waals surface area contributed by atoms with E-state index in [0.717, 1.165) is 50.9 Å². The molecule has 1 atom stereocenters. The Labute approximate surface area is 181 Å². The molecule has 0 saturated heterocycles. The Kier molecular flexibility index (Phi) is 10.7.